The number of hydrogen-bond acceptors (Lipinski definition) is 2. The van der Waals surface area contributed by atoms with E-state index in [4.69, 9.17) is 0 Å². The van der Waals surface area contributed by atoms with Gasteiger partial charge in [-0.05, 0) is 31.1 Å². The molecule has 0 saturated heterocycles. The van der Waals surface area contributed by atoms with E-state index in [0.717, 1.165) is 18.8 Å². The van der Waals surface area contributed by atoms with Gasteiger partial charge in [0.25, 0.3) is 0 Å². The lowest BCUT2D eigenvalue weighted by atomic mass is 9.95. The van der Waals surface area contributed by atoms with E-state index in [1.807, 2.05) is 6.21 Å². The zero-order chi connectivity index (χ0) is 14.9. The summed E-state index contributed by atoms with van der Waals surface area (Å²) in [7, 11) is 0. The van der Waals surface area contributed by atoms with E-state index in [0.29, 0.717) is 18.3 Å². The predicted octanol–water partition coefficient (Wildman–Crippen LogP) is 4.44. The Labute approximate surface area is 129 Å². The van der Waals surface area contributed by atoms with Gasteiger partial charge in [-0.3, -0.25) is 4.79 Å². The van der Waals surface area contributed by atoms with Crippen molar-refractivity contribution in [2.45, 2.75) is 71.1 Å². The Bertz CT molecular complexity index is 375. The van der Waals surface area contributed by atoms with E-state index >= 15 is 0 Å². The maximum absolute atomic E-state index is 11.7. The van der Waals surface area contributed by atoms with Crippen LogP contribution in [0, 0.1) is 17.8 Å². The van der Waals surface area contributed by atoms with Gasteiger partial charge in [0.1, 0.15) is 0 Å². The Morgan fingerprint density at radius 1 is 1.14 bits per heavy atom. The molecule has 0 aliphatic heterocycles. The van der Waals surface area contributed by atoms with Crippen LogP contribution in [0.15, 0.2) is 17.3 Å². The maximum Gasteiger partial charge on any atom is 0.240 e. The number of carbonyl (C=O) groups is 1. The summed E-state index contributed by atoms with van der Waals surface area (Å²) in [4.78, 5) is 11.7. The second-order valence-electron chi connectivity index (χ2n) is 6.63. The Balaban J connectivity index is 1.47. The van der Waals surface area contributed by atoms with E-state index in [1.54, 1.807) is 0 Å². The maximum atomic E-state index is 11.7. The Hall–Kier alpha value is -1.12. The number of allylic oxidation sites excluding steroid dienone is 2. The molecule has 1 fully saturated rings. The molecular weight excluding hydrogens is 260 g/mol. The molecule has 3 heteroatoms. The van der Waals surface area contributed by atoms with Crippen LogP contribution in [0.2, 0.25) is 0 Å². The fraction of sp³-hybridized carbons (Fsp3) is 0.778. The summed E-state index contributed by atoms with van der Waals surface area (Å²) in [6.07, 6.45) is 18.4. The fourth-order valence-electron chi connectivity index (χ4n) is 3.50. The van der Waals surface area contributed by atoms with Gasteiger partial charge in [0.05, 0.1) is 0 Å². The molecule has 0 aromatic heterocycles. The summed E-state index contributed by atoms with van der Waals surface area (Å²) in [5.41, 5.74) is 2.69. The highest BCUT2D eigenvalue weighted by molar-refractivity contribution is 5.77. The molecular formula is C18H30N2O. The van der Waals surface area contributed by atoms with E-state index in [1.165, 1.54) is 44.9 Å². The van der Waals surface area contributed by atoms with Gasteiger partial charge < -0.3 is 0 Å². The second kappa shape index (κ2) is 9.01. The van der Waals surface area contributed by atoms with Crippen LogP contribution in [-0.4, -0.2) is 12.1 Å². The third-order valence-electron chi connectivity index (χ3n) is 4.79. The van der Waals surface area contributed by atoms with Gasteiger partial charge in [-0.15, -0.1) is 0 Å². The molecule has 2 aliphatic rings. The minimum Gasteiger partial charge on any atom is -0.273 e. The highest BCUT2D eigenvalue weighted by Gasteiger charge is 2.34. The molecule has 1 amide bonds. The quantitative estimate of drug-likeness (QED) is 0.275. The lowest BCUT2D eigenvalue weighted by molar-refractivity contribution is -0.121. The number of rotatable bonds is 10. The van der Waals surface area contributed by atoms with Crippen LogP contribution in [0.25, 0.3) is 0 Å². The second-order valence-corrected chi connectivity index (χ2v) is 6.63. The number of unbranched alkanes of at least 4 members (excludes halogenated alkanes) is 6. The van der Waals surface area contributed by atoms with Gasteiger partial charge in [-0.25, -0.2) is 5.43 Å². The summed E-state index contributed by atoms with van der Waals surface area (Å²) in [5, 5.41) is 4.15. The Kier molecular flexibility index (Phi) is 6.98. The van der Waals surface area contributed by atoms with Crippen LogP contribution in [0.4, 0.5) is 0 Å². The fourth-order valence-corrected chi connectivity index (χ4v) is 3.50. The van der Waals surface area contributed by atoms with Gasteiger partial charge in [0, 0.05) is 18.6 Å². The van der Waals surface area contributed by atoms with Gasteiger partial charge in [-0.2, -0.15) is 5.10 Å². The van der Waals surface area contributed by atoms with Crippen molar-refractivity contribution in [1.29, 1.82) is 0 Å². The van der Waals surface area contributed by atoms with Gasteiger partial charge >= 0.3 is 0 Å². The predicted molar refractivity (Wildman–Crippen MR) is 88.1 cm³/mol. The molecule has 2 bridgehead atoms. The highest BCUT2D eigenvalue weighted by atomic mass is 16.2. The van der Waals surface area contributed by atoms with Crippen molar-refractivity contribution in [2.75, 3.05) is 0 Å². The van der Waals surface area contributed by atoms with Crippen molar-refractivity contribution >= 4 is 12.1 Å². The molecule has 0 radical (unpaired) electrons. The first-order valence-electron chi connectivity index (χ1n) is 8.80. The summed E-state index contributed by atoms with van der Waals surface area (Å²) in [6.45, 7) is 2.23. The molecule has 2 aliphatic carbocycles. The first-order chi connectivity index (χ1) is 10.3. The SMILES string of the molecule is CCCCCCCCCC(=O)N/N=C/C1CC2C=CC1C2. The molecule has 0 spiro atoms. The largest absolute Gasteiger partial charge is 0.273 e. The van der Waals surface area contributed by atoms with Crippen molar-refractivity contribution in [3.8, 4) is 0 Å². The molecule has 3 nitrogen and oxygen atoms in total. The van der Waals surface area contributed by atoms with E-state index in [2.05, 4.69) is 29.6 Å². The lowest BCUT2D eigenvalue weighted by Crippen LogP contribution is -2.19. The van der Waals surface area contributed by atoms with Crippen molar-refractivity contribution in [1.82, 2.24) is 5.43 Å². The molecule has 21 heavy (non-hydrogen) atoms. The molecule has 118 valence electrons. The van der Waals surface area contributed by atoms with Crippen molar-refractivity contribution in [3.63, 3.8) is 0 Å². The first kappa shape index (κ1) is 16.3. The number of hydrogen-bond donors (Lipinski definition) is 1. The van der Waals surface area contributed by atoms with Gasteiger partial charge in [0.2, 0.25) is 5.91 Å². The highest BCUT2D eigenvalue weighted by Crippen LogP contribution is 2.42. The molecule has 3 unspecified atom stereocenters. The van der Waals surface area contributed by atoms with Gasteiger partial charge in [-0.1, -0.05) is 57.6 Å². The number of hydrazone groups is 1. The van der Waals surface area contributed by atoms with Crippen LogP contribution >= 0.6 is 0 Å². The van der Waals surface area contributed by atoms with Crippen LogP contribution in [-0.2, 0) is 4.79 Å². The molecule has 0 heterocycles. The van der Waals surface area contributed by atoms with E-state index in [-0.39, 0.29) is 5.91 Å². The smallest absolute Gasteiger partial charge is 0.240 e. The summed E-state index contributed by atoms with van der Waals surface area (Å²) >= 11 is 0. The van der Waals surface area contributed by atoms with Gasteiger partial charge in [0.15, 0.2) is 0 Å². The molecule has 0 aromatic rings. The molecule has 1 N–H and O–H groups in total. The van der Waals surface area contributed by atoms with E-state index in [9.17, 15) is 4.79 Å². The summed E-state index contributed by atoms with van der Waals surface area (Å²) in [6, 6.07) is 0. The summed E-state index contributed by atoms with van der Waals surface area (Å²) < 4.78 is 0. The zero-order valence-electron chi connectivity index (χ0n) is 13.4. The van der Waals surface area contributed by atoms with E-state index < -0.39 is 0 Å². The molecule has 3 atom stereocenters. The van der Waals surface area contributed by atoms with Crippen LogP contribution in [0.3, 0.4) is 0 Å². The molecule has 0 aromatic carbocycles. The minimum atomic E-state index is 0.0681. The Morgan fingerprint density at radius 3 is 2.57 bits per heavy atom. The summed E-state index contributed by atoms with van der Waals surface area (Å²) in [5.74, 6) is 2.03. The zero-order valence-corrected chi connectivity index (χ0v) is 13.4. The van der Waals surface area contributed by atoms with Crippen LogP contribution < -0.4 is 5.43 Å². The molecule has 2 rings (SSSR count). The number of fused-ring (bicyclic) bond motifs is 2. The normalized spacial score (nSPS) is 26.8. The number of nitrogens with zero attached hydrogens (tertiary/aromatic N) is 1. The number of carbonyl (C=O) groups excluding carboxylic acids is 1. The Morgan fingerprint density at radius 2 is 1.90 bits per heavy atom. The average molecular weight is 290 g/mol. The monoisotopic (exact) mass is 290 g/mol. The van der Waals surface area contributed by atoms with Crippen molar-refractivity contribution < 1.29 is 4.79 Å². The third kappa shape index (κ3) is 5.64. The van der Waals surface area contributed by atoms with Crippen LogP contribution in [0.1, 0.15) is 71.1 Å². The first-order valence-corrected chi connectivity index (χ1v) is 8.80. The molecule has 1 saturated carbocycles. The third-order valence-corrected chi connectivity index (χ3v) is 4.79. The topological polar surface area (TPSA) is 41.5 Å². The van der Waals surface area contributed by atoms with Crippen molar-refractivity contribution in [3.05, 3.63) is 12.2 Å². The number of amides is 1. The minimum absolute atomic E-state index is 0.0681. The van der Waals surface area contributed by atoms with Crippen LogP contribution in [0.5, 0.6) is 0 Å². The lowest BCUT2D eigenvalue weighted by Gasteiger charge is -2.11. The van der Waals surface area contributed by atoms with Crippen molar-refractivity contribution in [2.24, 2.45) is 22.9 Å². The standard InChI is InChI=1S/C18H30N2O/c1-2-3-4-5-6-7-8-9-18(21)20-19-14-17-13-15-10-11-16(17)12-15/h10-11,14-17H,2-9,12-13H2,1H3,(H,20,21)/b19-14+. The average Bonchev–Trinajstić information content (AvgIpc) is 3.09. The number of nitrogens with one attached hydrogen (secondary N) is 1.